The number of hydrogen-bond donors (Lipinski definition) is 2. The van der Waals surface area contributed by atoms with Crippen LogP contribution >= 0.6 is 0 Å². The molecule has 4 nitrogen and oxygen atoms in total. The summed E-state index contributed by atoms with van der Waals surface area (Å²) in [7, 11) is 0. The topological polar surface area (TPSA) is 58.9 Å². The van der Waals surface area contributed by atoms with Gasteiger partial charge in [-0.15, -0.1) is 0 Å². The Morgan fingerprint density at radius 3 is 1.17 bits per heavy atom. The van der Waals surface area contributed by atoms with E-state index in [2.05, 4.69) is 48.5 Å². The van der Waals surface area contributed by atoms with Crippen molar-refractivity contribution in [2.24, 2.45) is 11.8 Å². The number of hydrogen-bond acceptors (Lipinski definition) is 4. The zero-order valence-electron chi connectivity index (χ0n) is 27.6. The molecule has 0 aliphatic heterocycles. The second-order valence-corrected chi connectivity index (χ2v) is 10.1. The summed E-state index contributed by atoms with van der Waals surface area (Å²) in [5, 5.41) is 18.4. The molecule has 0 bridgehead atoms. The predicted molar refractivity (Wildman–Crippen MR) is 176 cm³/mol. The molecule has 0 amide bonds. The van der Waals surface area contributed by atoms with Crippen LogP contribution in [0.25, 0.3) is 11.1 Å². The Morgan fingerprint density at radius 1 is 0.537 bits per heavy atom. The number of ether oxygens (including phenoxy) is 2. The highest BCUT2D eigenvalue weighted by molar-refractivity contribution is 5.81. The zero-order valence-corrected chi connectivity index (χ0v) is 27.6. The lowest BCUT2D eigenvalue weighted by Crippen LogP contribution is -2.46. The van der Waals surface area contributed by atoms with Crippen LogP contribution < -0.4 is 0 Å². The van der Waals surface area contributed by atoms with Crippen molar-refractivity contribution in [3.05, 3.63) is 59.7 Å². The van der Waals surface area contributed by atoms with Crippen LogP contribution in [0.4, 0.5) is 0 Å². The fourth-order valence-electron chi connectivity index (χ4n) is 7.32. The molecule has 5 rings (SSSR count). The molecule has 234 valence electrons. The summed E-state index contributed by atoms with van der Waals surface area (Å²) in [4.78, 5) is 0. The lowest BCUT2D eigenvalue weighted by molar-refractivity contribution is -0.0244. The summed E-state index contributed by atoms with van der Waals surface area (Å²) < 4.78 is 11.9. The third kappa shape index (κ3) is 8.66. The number of aliphatic hydroxyl groups excluding tert-OH is 2. The fraction of sp³-hybridized carbons (Fsp3) is 0.676. The molecule has 0 radical (unpaired) electrons. The van der Waals surface area contributed by atoms with Gasteiger partial charge in [-0.25, -0.2) is 0 Å². The Kier molecular flexibility index (Phi) is 19.1. The number of fused-ring (bicyclic) bond motifs is 3. The van der Waals surface area contributed by atoms with E-state index in [9.17, 15) is 10.2 Å². The third-order valence-electron chi connectivity index (χ3n) is 8.56. The molecule has 2 fully saturated rings. The Morgan fingerprint density at radius 2 is 0.854 bits per heavy atom. The van der Waals surface area contributed by atoms with Crippen LogP contribution in [0.15, 0.2) is 48.5 Å². The van der Waals surface area contributed by atoms with Crippen molar-refractivity contribution >= 4 is 0 Å². The van der Waals surface area contributed by atoms with Crippen molar-refractivity contribution in [2.45, 2.75) is 124 Å². The molecule has 0 saturated heterocycles. The van der Waals surface area contributed by atoms with Crippen LogP contribution in [0.1, 0.15) is 118 Å². The second-order valence-electron chi connectivity index (χ2n) is 10.1. The molecule has 3 aliphatic rings. The third-order valence-corrected chi connectivity index (χ3v) is 8.56. The van der Waals surface area contributed by atoms with Gasteiger partial charge in [0.15, 0.2) is 0 Å². The van der Waals surface area contributed by atoms with E-state index >= 15 is 0 Å². The largest absolute Gasteiger partial charge is 0.394 e. The van der Waals surface area contributed by atoms with Gasteiger partial charge in [0, 0.05) is 5.41 Å². The molecule has 0 atom stereocenters. The van der Waals surface area contributed by atoms with Crippen molar-refractivity contribution in [3.63, 3.8) is 0 Å². The van der Waals surface area contributed by atoms with Crippen LogP contribution in [-0.4, -0.2) is 48.8 Å². The van der Waals surface area contributed by atoms with Gasteiger partial charge in [0.25, 0.3) is 0 Å². The first-order valence-corrected chi connectivity index (χ1v) is 16.9. The molecule has 2 aromatic carbocycles. The first-order chi connectivity index (χ1) is 20.3. The van der Waals surface area contributed by atoms with Gasteiger partial charge >= 0.3 is 0 Å². The minimum atomic E-state index is 0.0527. The smallest absolute Gasteiger partial charge is 0.0701 e. The summed E-state index contributed by atoms with van der Waals surface area (Å²) >= 11 is 0. The van der Waals surface area contributed by atoms with E-state index in [0.29, 0.717) is 25.0 Å². The SMILES string of the molecule is CC.CC.CC.CC.OCCOC1CCC(C2(C3CCC(OCCO)CC3)c3ccccc3-c3ccccc32)CC1. The van der Waals surface area contributed by atoms with Gasteiger partial charge in [-0.1, -0.05) is 104 Å². The molecule has 3 aliphatic carbocycles. The van der Waals surface area contributed by atoms with E-state index in [0.717, 1.165) is 25.7 Å². The second kappa shape index (κ2) is 21.0. The van der Waals surface area contributed by atoms with Crippen LogP contribution in [-0.2, 0) is 14.9 Å². The number of benzene rings is 2. The molecule has 4 heteroatoms. The van der Waals surface area contributed by atoms with Crippen LogP contribution in [0.3, 0.4) is 0 Å². The average molecular weight is 571 g/mol. The lowest BCUT2D eigenvalue weighted by Gasteiger charge is -2.50. The summed E-state index contributed by atoms with van der Waals surface area (Å²) in [6, 6.07) is 18.3. The van der Waals surface area contributed by atoms with Gasteiger partial charge in [-0.3, -0.25) is 0 Å². The minimum absolute atomic E-state index is 0.0527. The Bertz CT molecular complexity index is 835. The van der Waals surface area contributed by atoms with Crippen molar-refractivity contribution < 1.29 is 19.7 Å². The van der Waals surface area contributed by atoms with E-state index in [4.69, 9.17) is 9.47 Å². The van der Waals surface area contributed by atoms with Gasteiger partial charge in [-0.05, 0) is 85.5 Å². The maximum Gasteiger partial charge on any atom is 0.0701 e. The maximum absolute atomic E-state index is 9.18. The van der Waals surface area contributed by atoms with Crippen molar-refractivity contribution in [1.82, 2.24) is 0 Å². The number of rotatable bonds is 8. The van der Waals surface area contributed by atoms with E-state index < -0.39 is 0 Å². The van der Waals surface area contributed by atoms with E-state index in [1.54, 1.807) is 0 Å². The fourth-order valence-corrected chi connectivity index (χ4v) is 7.32. The zero-order chi connectivity index (χ0) is 30.7. The normalized spacial score (nSPS) is 23.4. The molecular weight excluding hydrogens is 508 g/mol. The Hall–Kier alpha value is -1.72. The number of aliphatic hydroxyl groups is 2. The lowest BCUT2D eigenvalue weighted by atomic mass is 9.54. The van der Waals surface area contributed by atoms with Crippen molar-refractivity contribution in [3.8, 4) is 11.1 Å². The van der Waals surface area contributed by atoms with Crippen LogP contribution in [0.2, 0.25) is 0 Å². The molecule has 0 unspecified atom stereocenters. The molecule has 2 aromatic rings. The highest BCUT2D eigenvalue weighted by Crippen LogP contribution is 2.61. The Balaban J connectivity index is 0.000000969. The summed E-state index contributed by atoms with van der Waals surface area (Å²) in [5.41, 5.74) is 5.96. The average Bonchev–Trinajstić information content (AvgIpc) is 3.38. The monoisotopic (exact) mass is 570 g/mol. The summed E-state index contributed by atoms with van der Waals surface area (Å²) in [5.74, 6) is 1.19. The van der Waals surface area contributed by atoms with Gasteiger partial charge in [-0.2, -0.15) is 0 Å². The molecule has 2 N–H and O–H groups in total. The highest BCUT2D eigenvalue weighted by atomic mass is 16.5. The van der Waals surface area contributed by atoms with Gasteiger partial charge in [0.05, 0.1) is 38.6 Å². The van der Waals surface area contributed by atoms with Gasteiger partial charge in [0.1, 0.15) is 0 Å². The quantitative estimate of drug-likeness (QED) is 0.332. The van der Waals surface area contributed by atoms with Gasteiger partial charge < -0.3 is 19.7 Å². The molecule has 0 aromatic heterocycles. The molecule has 2 saturated carbocycles. The van der Waals surface area contributed by atoms with Crippen molar-refractivity contribution in [2.75, 3.05) is 26.4 Å². The molecule has 0 heterocycles. The Labute approximate surface area is 252 Å². The molecule has 41 heavy (non-hydrogen) atoms. The minimum Gasteiger partial charge on any atom is -0.394 e. The summed E-state index contributed by atoms with van der Waals surface area (Å²) in [6.45, 7) is 17.1. The van der Waals surface area contributed by atoms with E-state index in [1.807, 2.05) is 55.4 Å². The molecule has 0 spiro atoms. The predicted octanol–water partition coefficient (Wildman–Crippen LogP) is 9.19. The van der Waals surface area contributed by atoms with Crippen molar-refractivity contribution in [1.29, 1.82) is 0 Å². The molecular formula is C37H62O4. The van der Waals surface area contributed by atoms with Crippen LogP contribution in [0, 0.1) is 11.8 Å². The maximum atomic E-state index is 9.18. The first-order valence-electron chi connectivity index (χ1n) is 16.9. The van der Waals surface area contributed by atoms with Crippen LogP contribution in [0.5, 0.6) is 0 Å². The summed E-state index contributed by atoms with van der Waals surface area (Å²) in [6.07, 6.45) is 9.52. The van der Waals surface area contributed by atoms with Gasteiger partial charge in [0.2, 0.25) is 0 Å². The van der Waals surface area contributed by atoms with E-state index in [1.165, 1.54) is 47.9 Å². The van der Waals surface area contributed by atoms with E-state index in [-0.39, 0.29) is 30.8 Å². The standard InChI is InChI=1S/C29H38O4.4C2H6/c30-17-19-32-23-13-9-21(10-14-23)29(22-11-15-24(16-12-22)33-20-18-31)27-7-3-1-5-25(27)26-6-2-4-8-28(26)29;4*1-2/h1-8,21-24,30-31H,9-20H2;4*1-2H3. The first kappa shape index (κ1) is 37.3. The highest BCUT2D eigenvalue weighted by Gasteiger charge is 2.54.